The summed E-state index contributed by atoms with van der Waals surface area (Å²) >= 11 is 0. The van der Waals surface area contributed by atoms with Crippen LogP contribution in [-0.4, -0.2) is 72.0 Å². The number of carbonyl (C=O) groups excluding carboxylic acids is 1. The molecule has 2 N–H and O–H groups in total. The average molecular weight is 307 g/mol. The highest BCUT2D eigenvalue weighted by atomic mass is 16.6. The fourth-order valence-electron chi connectivity index (χ4n) is 1.37. The predicted molar refractivity (Wildman–Crippen MR) is 78.2 cm³/mol. The van der Waals surface area contributed by atoms with Gasteiger partial charge in [-0.05, 0) is 6.42 Å². The van der Waals surface area contributed by atoms with E-state index in [2.05, 4.69) is 6.92 Å². The number of esters is 1. The third kappa shape index (κ3) is 12.7. The van der Waals surface area contributed by atoms with Crippen LogP contribution in [0.3, 0.4) is 0 Å². The molecule has 0 amide bonds. The Hall–Kier alpha value is -0.730. The maximum atomic E-state index is 11.4. The number of hydrogen-bond acceptors (Lipinski definition) is 7. The van der Waals surface area contributed by atoms with E-state index in [-0.39, 0.29) is 13.2 Å². The molecule has 21 heavy (non-hydrogen) atoms. The summed E-state index contributed by atoms with van der Waals surface area (Å²) in [6.07, 6.45) is 1.51. The molecule has 0 saturated carbocycles. The number of rotatable bonds is 15. The zero-order valence-corrected chi connectivity index (χ0v) is 13.2. The van der Waals surface area contributed by atoms with Gasteiger partial charge in [-0.2, -0.15) is 0 Å². The first-order valence-electron chi connectivity index (χ1n) is 7.39. The van der Waals surface area contributed by atoms with Crippen LogP contribution in [0.5, 0.6) is 0 Å². The van der Waals surface area contributed by atoms with Gasteiger partial charge in [0.1, 0.15) is 6.61 Å². The van der Waals surface area contributed by atoms with Gasteiger partial charge in [0.25, 0.3) is 0 Å². The fraction of sp³-hybridized carbons (Fsp3) is 0.929. The molecule has 0 rings (SSSR count). The third-order valence-corrected chi connectivity index (χ3v) is 2.62. The Balaban J connectivity index is 3.20. The molecule has 0 saturated heterocycles. The number of unbranched alkanes of at least 4 members (excludes halogenated alkanes) is 1. The highest BCUT2D eigenvalue weighted by molar-refractivity contribution is 5.74. The molecule has 0 radical (unpaired) electrons. The van der Waals surface area contributed by atoms with Crippen LogP contribution in [0.1, 0.15) is 19.8 Å². The van der Waals surface area contributed by atoms with Crippen molar-refractivity contribution in [1.29, 1.82) is 0 Å². The average Bonchev–Trinajstić information content (AvgIpc) is 2.49. The van der Waals surface area contributed by atoms with Crippen molar-refractivity contribution in [3.8, 4) is 0 Å². The smallest absolute Gasteiger partial charge is 0.336 e. The van der Waals surface area contributed by atoms with Crippen molar-refractivity contribution >= 4 is 5.97 Å². The normalized spacial score (nSPS) is 12.3. The van der Waals surface area contributed by atoms with Gasteiger partial charge in [-0.25, -0.2) is 4.79 Å². The molecule has 0 spiro atoms. The van der Waals surface area contributed by atoms with Gasteiger partial charge in [0, 0.05) is 20.3 Å². The highest BCUT2D eigenvalue weighted by Gasteiger charge is 2.16. The summed E-state index contributed by atoms with van der Waals surface area (Å²) in [5.74, 6) is -0.468. The molecule has 0 bridgehead atoms. The molecule has 1 atom stereocenters. The van der Waals surface area contributed by atoms with Crippen molar-refractivity contribution in [1.82, 2.24) is 0 Å². The second-order valence-corrected chi connectivity index (χ2v) is 4.32. The minimum Gasteiger partial charge on any atom is -0.461 e. The number of hydrogen-bond donors (Lipinski definition) is 1. The van der Waals surface area contributed by atoms with Crippen LogP contribution >= 0.6 is 0 Å². The van der Waals surface area contributed by atoms with E-state index in [0.29, 0.717) is 33.0 Å². The third-order valence-electron chi connectivity index (χ3n) is 2.62. The number of methoxy groups -OCH3 is 1. The molecular formula is C14H29NO6. The Morgan fingerprint density at radius 2 is 1.48 bits per heavy atom. The van der Waals surface area contributed by atoms with Crippen molar-refractivity contribution in [3.05, 3.63) is 0 Å². The molecule has 7 heteroatoms. The van der Waals surface area contributed by atoms with Crippen molar-refractivity contribution in [2.24, 2.45) is 5.73 Å². The lowest BCUT2D eigenvalue weighted by atomic mass is 10.4. The number of nitrogens with two attached hydrogens (primary N) is 1. The Bertz CT molecular complexity index is 236. The molecule has 7 nitrogen and oxygen atoms in total. The summed E-state index contributed by atoms with van der Waals surface area (Å²) < 4.78 is 25.7. The number of ether oxygens (including phenoxy) is 5. The van der Waals surface area contributed by atoms with Gasteiger partial charge in [-0.15, -0.1) is 0 Å². The SMILES string of the molecule is CCCCOCCOCCOCCOC(=O)C(CN)OC. The highest BCUT2D eigenvalue weighted by Crippen LogP contribution is 1.92. The van der Waals surface area contributed by atoms with E-state index < -0.39 is 12.1 Å². The Morgan fingerprint density at radius 3 is 1.95 bits per heavy atom. The molecule has 0 aliphatic heterocycles. The second-order valence-electron chi connectivity index (χ2n) is 4.32. The van der Waals surface area contributed by atoms with Gasteiger partial charge in [0.15, 0.2) is 6.10 Å². The summed E-state index contributed by atoms with van der Waals surface area (Å²) in [6.45, 7) is 5.63. The van der Waals surface area contributed by atoms with Crippen LogP contribution in [0.25, 0.3) is 0 Å². The molecule has 0 aromatic heterocycles. The lowest BCUT2D eigenvalue weighted by molar-refractivity contribution is -0.156. The van der Waals surface area contributed by atoms with Gasteiger partial charge in [0.2, 0.25) is 0 Å². The molecule has 126 valence electrons. The molecule has 1 unspecified atom stereocenters. The maximum Gasteiger partial charge on any atom is 0.336 e. The molecule has 0 aromatic rings. The molecule has 0 aliphatic rings. The summed E-state index contributed by atoms with van der Waals surface area (Å²) in [5.41, 5.74) is 5.34. The predicted octanol–water partition coefficient (Wildman–Crippen LogP) is 0.353. The first-order chi connectivity index (χ1) is 10.3. The first kappa shape index (κ1) is 20.3. The first-order valence-corrected chi connectivity index (χ1v) is 7.39. The Labute approximate surface area is 127 Å². The monoisotopic (exact) mass is 307 g/mol. The van der Waals surface area contributed by atoms with Crippen LogP contribution < -0.4 is 5.73 Å². The minimum absolute atomic E-state index is 0.102. The lowest BCUT2D eigenvalue weighted by Crippen LogP contribution is -2.33. The van der Waals surface area contributed by atoms with Gasteiger partial charge in [-0.1, -0.05) is 13.3 Å². The van der Waals surface area contributed by atoms with E-state index in [1.807, 2.05) is 0 Å². The topological polar surface area (TPSA) is 89.2 Å². The summed E-state index contributed by atoms with van der Waals surface area (Å²) in [6, 6.07) is 0. The summed E-state index contributed by atoms with van der Waals surface area (Å²) in [7, 11) is 1.42. The lowest BCUT2D eigenvalue weighted by Gasteiger charge is -2.12. The Kier molecular flexibility index (Phi) is 15.1. The number of carbonyl (C=O) groups is 1. The van der Waals surface area contributed by atoms with Gasteiger partial charge in [-0.3, -0.25) is 0 Å². The molecule has 0 heterocycles. The minimum atomic E-state index is -0.707. The van der Waals surface area contributed by atoms with Crippen molar-refractivity contribution in [2.45, 2.75) is 25.9 Å². The van der Waals surface area contributed by atoms with E-state index in [1.54, 1.807) is 0 Å². The standard InChI is InChI=1S/C14H29NO6/c1-3-4-5-18-6-7-19-8-9-20-10-11-21-14(16)13(12-15)17-2/h13H,3-12,15H2,1-2H3. The molecule has 0 aromatic carbocycles. The zero-order chi connectivity index (χ0) is 15.8. The van der Waals surface area contributed by atoms with Crippen molar-refractivity contribution in [2.75, 3.05) is 59.9 Å². The molecular weight excluding hydrogens is 278 g/mol. The second kappa shape index (κ2) is 15.7. The molecule has 0 aliphatic carbocycles. The van der Waals surface area contributed by atoms with Gasteiger partial charge >= 0.3 is 5.97 Å². The van der Waals surface area contributed by atoms with E-state index >= 15 is 0 Å². The van der Waals surface area contributed by atoms with E-state index in [1.165, 1.54) is 7.11 Å². The van der Waals surface area contributed by atoms with Crippen LogP contribution in [0.15, 0.2) is 0 Å². The van der Waals surface area contributed by atoms with E-state index in [9.17, 15) is 4.79 Å². The summed E-state index contributed by atoms with van der Waals surface area (Å²) in [4.78, 5) is 11.4. The fourth-order valence-corrected chi connectivity index (χ4v) is 1.37. The van der Waals surface area contributed by atoms with E-state index in [0.717, 1.165) is 19.4 Å². The quantitative estimate of drug-likeness (QED) is 0.345. The van der Waals surface area contributed by atoms with Crippen LogP contribution in [-0.2, 0) is 28.5 Å². The van der Waals surface area contributed by atoms with Crippen LogP contribution in [0, 0.1) is 0 Å². The van der Waals surface area contributed by atoms with E-state index in [4.69, 9.17) is 29.4 Å². The van der Waals surface area contributed by atoms with Gasteiger partial charge < -0.3 is 29.4 Å². The Morgan fingerprint density at radius 1 is 0.952 bits per heavy atom. The zero-order valence-electron chi connectivity index (χ0n) is 13.2. The van der Waals surface area contributed by atoms with Gasteiger partial charge in [0.05, 0.1) is 33.0 Å². The largest absolute Gasteiger partial charge is 0.461 e. The summed E-state index contributed by atoms with van der Waals surface area (Å²) in [5, 5.41) is 0. The van der Waals surface area contributed by atoms with Crippen LogP contribution in [0.4, 0.5) is 0 Å². The molecule has 0 fully saturated rings. The van der Waals surface area contributed by atoms with Crippen LogP contribution in [0.2, 0.25) is 0 Å². The maximum absolute atomic E-state index is 11.4. The van der Waals surface area contributed by atoms with Crippen molar-refractivity contribution in [3.63, 3.8) is 0 Å². The van der Waals surface area contributed by atoms with Crippen molar-refractivity contribution < 1.29 is 28.5 Å².